The molecule has 178 valence electrons. The summed E-state index contributed by atoms with van der Waals surface area (Å²) < 4.78 is 61.7. The second-order valence-electron chi connectivity index (χ2n) is 8.02. The Balaban J connectivity index is 1.72. The molecule has 0 saturated heterocycles. The van der Waals surface area contributed by atoms with Crippen LogP contribution in [0.4, 0.5) is 14.5 Å². The Kier molecular flexibility index (Phi) is 6.91. The number of sulfonamides is 1. The van der Waals surface area contributed by atoms with Crippen LogP contribution in [0.15, 0.2) is 65.6 Å². The number of benzene rings is 3. The van der Waals surface area contributed by atoms with Crippen molar-refractivity contribution in [3.8, 4) is 5.75 Å². The first-order valence-electron chi connectivity index (χ1n) is 10.8. The van der Waals surface area contributed by atoms with Crippen LogP contribution < -0.4 is 9.04 Å². The monoisotopic (exact) mass is 505 g/mol. The van der Waals surface area contributed by atoms with Crippen LogP contribution in [0, 0.1) is 11.6 Å². The average molecular weight is 506 g/mol. The second-order valence-corrected chi connectivity index (χ2v) is 10.3. The average Bonchev–Trinajstić information content (AvgIpc) is 2.79. The maximum absolute atomic E-state index is 14.2. The van der Waals surface area contributed by atoms with E-state index < -0.39 is 27.4 Å². The molecule has 5 nitrogen and oxygen atoms in total. The zero-order chi connectivity index (χ0) is 24.5. The molecule has 0 bridgehead atoms. The number of nitrogens with zero attached hydrogens (tertiary/aromatic N) is 1. The van der Waals surface area contributed by atoms with Gasteiger partial charge in [0.1, 0.15) is 23.5 Å². The van der Waals surface area contributed by atoms with Gasteiger partial charge in [-0.3, -0.25) is 9.10 Å². The number of Topliss-reactive ketones (excluding diaryl/α,β-unsaturated/α-hetero) is 1. The molecule has 0 fully saturated rings. The fourth-order valence-electron chi connectivity index (χ4n) is 3.94. The zero-order valence-corrected chi connectivity index (χ0v) is 19.9. The van der Waals surface area contributed by atoms with E-state index in [1.54, 1.807) is 18.2 Å². The Morgan fingerprint density at radius 3 is 2.53 bits per heavy atom. The molecule has 1 aliphatic heterocycles. The first-order valence-corrected chi connectivity index (χ1v) is 12.6. The van der Waals surface area contributed by atoms with Crippen LogP contribution in [0.1, 0.15) is 35.7 Å². The number of rotatable bonds is 7. The van der Waals surface area contributed by atoms with Crippen molar-refractivity contribution in [2.45, 2.75) is 37.2 Å². The van der Waals surface area contributed by atoms with Gasteiger partial charge in [-0.25, -0.2) is 17.2 Å². The Hall–Kier alpha value is -2.97. The lowest BCUT2D eigenvalue weighted by Gasteiger charge is -2.35. The molecule has 1 unspecified atom stereocenters. The molecule has 3 aromatic carbocycles. The van der Waals surface area contributed by atoms with Crippen molar-refractivity contribution in [3.05, 3.63) is 88.4 Å². The van der Waals surface area contributed by atoms with Gasteiger partial charge in [0.25, 0.3) is 10.0 Å². The van der Waals surface area contributed by atoms with E-state index in [1.165, 1.54) is 28.6 Å². The minimum atomic E-state index is -4.03. The highest BCUT2D eigenvalue weighted by Gasteiger charge is 2.34. The van der Waals surface area contributed by atoms with E-state index in [1.807, 2.05) is 6.92 Å². The lowest BCUT2D eigenvalue weighted by atomic mass is 10.0. The maximum atomic E-state index is 14.2. The molecule has 0 aliphatic carbocycles. The Bertz CT molecular complexity index is 1310. The number of ketones is 1. The van der Waals surface area contributed by atoms with Gasteiger partial charge in [0, 0.05) is 6.42 Å². The van der Waals surface area contributed by atoms with Crippen LogP contribution >= 0.6 is 11.6 Å². The summed E-state index contributed by atoms with van der Waals surface area (Å²) in [6, 6.07) is 13.4. The number of carbonyl (C=O) groups is 1. The Morgan fingerprint density at radius 2 is 1.85 bits per heavy atom. The fourth-order valence-corrected chi connectivity index (χ4v) is 5.71. The van der Waals surface area contributed by atoms with E-state index >= 15 is 0 Å². The third-order valence-electron chi connectivity index (χ3n) is 5.57. The first-order chi connectivity index (χ1) is 16.2. The van der Waals surface area contributed by atoms with E-state index in [4.69, 9.17) is 16.3 Å². The van der Waals surface area contributed by atoms with Gasteiger partial charge in [0.15, 0.2) is 5.78 Å². The van der Waals surface area contributed by atoms with Crippen LogP contribution in [0.2, 0.25) is 5.02 Å². The SMILES string of the molecule is CCCC1CN(S(=O)(=O)c2ccc(F)cc2)c2cc(CC(=O)c3c(F)cccc3Cl)ccc2O1. The van der Waals surface area contributed by atoms with E-state index in [0.29, 0.717) is 17.7 Å². The smallest absolute Gasteiger partial charge is 0.264 e. The van der Waals surface area contributed by atoms with Crippen molar-refractivity contribution >= 4 is 33.1 Å². The molecular formula is C25H22ClF2NO4S. The molecule has 0 N–H and O–H groups in total. The largest absolute Gasteiger partial charge is 0.486 e. The van der Waals surface area contributed by atoms with Crippen molar-refractivity contribution in [1.82, 2.24) is 0 Å². The summed E-state index contributed by atoms with van der Waals surface area (Å²) in [6.45, 7) is 2.04. The highest BCUT2D eigenvalue weighted by atomic mass is 35.5. The summed E-state index contributed by atoms with van der Waals surface area (Å²) in [6.07, 6.45) is 0.885. The fraction of sp³-hybridized carbons (Fsp3) is 0.240. The number of hydrogen-bond acceptors (Lipinski definition) is 4. The van der Waals surface area contributed by atoms with E-state index in [2.05, 4.69) is 0 Å². The second kappa shape index (κ2) is 9.72. The predicted molar refractivity (Wildman–Crippen MR) is 126 cm³/mol. The normalized spacial score (nSPS) is 15.5. The molecule has 3 aromatic rings. The standard InChI is InChI=1S/C25H22ClF2NO4S/c1-2-4-18-15-29(34(31,32)19-10-8-17(27)9-11-19)22-13-16(7-12-24(22)33-18)14-23(30)25-20(26)5-3-6-21(25)28/h3,5-13,18H,2,4,14-15H2,1H3. The summed E-state index contributed by atoms with van der Waals surface area (Å²) in [5.41, 5.74) is 0.526. The van der Waals surface area contributed by atoms with Crippen LogP contribution in [-0.2, 0) is 16.4 Å². The molecule has 9 heteroatoms. The van der Waals surface area contributed by atoms with Crippen LogP contribution in [-0.4, -0.2) is 26.8 Å². The zero-order valence-electron chi connectivity index (χ0n) is 18.3. The summed E-state index contributed by atoms with van der Waals surface area (Å²) in [5, 5.41) is 0.00853. The molecule has 1 aliphatic rings. The Morgan fingerprint density at radius 1 is 1.12 bits per heavy atom. The van der Waals surface area contributed by atoms with Crippen molar-refractivity contribution < 1.29 is 26.7 Å². The first kappa shape index (κ1) is 24.2. The molecule has 0 aromatic heterocycles. The maximum Gasteiger partial charge on any atom is 0.264 e. The van der Waals surface area contributed by atoms with Gasteiger partial charge in [-0.05, 0) is 60.5 Å². The number of ether oxygens (including phenoxy) is 1. The van der Waals surface area contributed by atoms with Gasteiger partial charge < -0.3 is 4.74 Å². The molecule has 0 saturated carbocycles. The lowest BCUT2D eigenvalue weighted by molar-refractivity contribution is 0.0989. The van der Waals surface area contributed by atoms with Crippen LogP contribution in [0.25, 0.3) is 0 Å². The molecule has 1 heterocycles. The van der Waals surface area contributed by atoms with E-state index in [9.17, 15) is 22.0 Å². The molecule has 0 radical (unpaired) electrons. The number of carbonyl (C=O) groups excluding carboxylic acids is 1. The molecule has 4 rings (SSSR count). The number of fused-ring (bicyclic) bond motifs is 1. The highest BCUT2D eigenvalue weighted by molar-refractivity contribution is 7.92. The summed E-state index contributed by atoms with van der Waals surface area (Å²) in [7, 11) is -4.03. The van der Waals surface area contributed by atoms with Crippen molar-refractivity contribution in [1.29, 1.82) is 0 Å². The van der Waals surface area contributed by atoms with Gasteiger partial charge in [-0.1, -0.05) is 37.1 Å². The molecular weight excluding hydrogens is 484 g/mol. The minimum absolute atomic E-state index is 0.00853. The molecule has 34 heavy (non-hydrogen) atoms. The van der Waals surface area contributed by atoms with Gasteiger partial charge >= 0.3 is 0 Å². The molecule has 1 atom stereocenters. The van der Waals surface area contributed by atoms with Crippen LogP contribution in [0.3, 0.4) is 0 Å². The van der Waals surface area contributed by atoms with Gasteiger partial charge in [-0.15, -0.1) is 0 Å². The van der Waals surface area contributed by atoms with Crippen molar-refractivity contribution in [3.63, 3.8) is 0 Å². The van der Waals surface area contributed by atoms with E-state index in [-0.39, 0.29) is 40.2 Å². The number of hydrogen-bond donors (Lipinski definition) is 0. The van der Waals surface area contributed by atoms with Crippen molar-refractivity contribution in [2.75, 3.05) is 10.8 Å². The number of anilines is 1. The van der Waals surface area contributed by atoms with E-state index in [0.717, 1.165) is 24.6 Å². The lowest BCUT2D eigenvalue weighted by Crippen LogP contribution is -2.43. The predicted octanol–water partition coefficient (Wildman–Crippen LogP) is 5.80. The van der Waals surface area contributed by atoms with Gasteiger partial charge in [-0.2, -0.15) is 0 Å². The van der Waals surface area contributed by atoms with Gasteiger partial charge in [0.2, 0.25) is 0 Å². The quantitative estimate of drug-likeness (QED) is 0.381. The van der Waals surface area contributed by atoms with Gasteiger partial charge in [0.05, 0.1) is 27.7 Å². The third kappa shape index (κ3) is 4.79. The third-order valence-corrected chi connectivity index (χ3v) is 7.68. The van der Waals surface area contributed by atoms with Crippen LogP contribution in [0.5, 0.6) is 5.75 Å². The summed E-state index contributed by atoms with van der Waals surface area (Å²) in [4.78, 5) is 12.7. The molecule has 0 amide bonds. The number of halogens is 3. The topological polar surface area (TPSA) is 63.7 Å². The summed E-state index contributed by atoms with van der Waals surface area (Å²) in [5.74, 6) is -1.44. The molecule has 0 spiro atoms. The highest BCUT2D eigenvalue weighted by Crippen LogP contribution is 2.39. The minimum Gasteiger partial charge on any atom is -0.486 e. The van der Waals surface area contributed by atoms with Crippen molar-refractivity contribution in [2.24, 2.45) is 0 Å². The Labute approximate surface area is 202 Å². The summed E-state index contributed by atoms with van der Waals surface area (Å²) >= 11 is 6.02.